The summed E-state index contributed by atoms with van der Waals surface area (Å²) in [5, 5.41) is 13.7. The van der Waals surface area contributed by atoms with Crippen molar-refractivity contribution in [1.82, 2.24) is 19.5 Å². The van der Waals surface area contributed by atoms with E-state index in [0.29, 0.717) is 23.3 Å². The average Bonchev–Trinajstić information content (AvgIpc) is 3.70. The molecule has 2 unspecified atom stereocenters. The minimum absolute atomic E-state index is 0.0281. The van der Waals surface area contributed by atoms with E-state index < -0.39 is 50.5 Å². The van der Waals surface area contributed by atoms with Gasteiger partial charge in [0.25, 0.3) is 0 Å². The Kier molecular flexibility index (Phi) is 19.3. The van der Waals surface area contributed by atoms with E-state index >= 15 is 4.39 Å². The van der Waals surface area contributed by atoms with Gasteiger partial charge in [-0.1, -0.05) is 83.6 Å². The molecule has 0 radical (unpaired) electrons. The van der Waals surface area contributed by atoms with Gasteiger partial charge in [-0.25, -0.2) is 18.3 Å². The minimum atomic E-state index is -4.74. The Labute approximate surface area is 335 Å². The second-order valence-corrected chi connectivity index (χ2v) is 16.2. The van der Waals surface area contributed by atoms with Crippen LogP contribution < -0.4 is 15.8 Å². The number of aromatic nitrogens is 4. The summed E-state index contributed by atoms with van der Waals surface area (Å²) in [7, 11) is -1.74. The van der Waals surface area contributed by atoms with Crippen molar-refractivity contribution < 1.29 is 51.3 Å². The Balaban J connectivity index is 1.23. The molecule has 5 N–H and O–H groups in total. The smallest absolute Gasteiger partial charge is 0.472 e. The first-order valence-electron chi connectivity index (χ1n) is 20.2. The van der Waals surface area contributed by atoms with Crippen molar-refractivity contribution in [3.8, 4) is 5.75 Å². The molecule has 15 nitrogen and oxygen atoms in total. The van der Waals surface area contributed by atoms with Crippen LogP contribution >= 0.6 is 7.82 Å². The fourth-order valence-electron chi connectivity index (χ4n) is 6.79. The number of halogens is 2. The number of ether oxygens (including phenoxy) is 4. The predicted octanol–water partition coefficient (Wildman–Crippen LogP) is 7.80. The summed E-state index contributed by atoms with van der Waals surface area (Å²) in [6, 6.07) is 4.48. The fourth-order valence-corrected chi connectivity index (χ4v) is 7.55. The molecule has 0 aliphatic carbocycles. The molecular weight excluding hydrogens is 765 g/mol. The van der Waals surface area contributed by atoms with Gasteiger partial charge in [-0.15, -0.1) is 0 Å². The first-order valence-corrected chi connectivity index (χ1v) is 21.7. The van der Waals surface area contributed by atoms with E-state index in [9.17, 15) is 19.0 Å². The van der Waals surface area contributed by atoms with Gasteiger partial charge in [-0.05, 0) is 43.9 Å². The van der Waals surface area contributed by atoms with Crippen molar-refractivity contribution in [1.29, 1.82) is 0 Å². The van der Waals surface area contributed by atoms with Crippen LogP contribution in [0.4, 0.5) is 20.5 Å². The third kappa shape index (κ3) is 14.3. The van der Waals surface area contributed by atoms with Gasteiger partial charge in [-0.3, -0.25) is 13.6 Å². The Bertz CT molecular complexity index is 1690. The van der Waals surface area contributed by atoms with Crippen LogP contribution in [0.3, 0.4) is 0 Å². The second kappa shape index (κ2) is 23.5. The second-order valence-electron chi connectivity index (χ2n) is 14.7. The molecule has 4 rings (SSSR count). The van der Waals surface area contributed by atoms with E-state index in [1.165, 1.54) is 62.2 Å². The highest BCUT2D eigenvalue weighted by Crippen LogP contribution is 2.47. The largest absolute Gasteiger partial charge is 0.494 e. The third-order valence-electron chi connectivity index (χ3n) is 10.1. The van der Waals surface area contributed by atoms with Crippen molar-refractivity contribution in [3.63, 3.8) is 0 Å². The molecule has 1 fully saturated rings. The molecule has 6 atom stereocenters. The SMILES string of the molecule is CCCCCCCCOCCCCCCCCC[C@H](COP(=O)(O)OC[C@H]1O[C@@H](n2cnc3c(NC)nc(N)nc32)[C@](C)(F)C1O)OCc1ccc(OC)c(F)c1. The van der Waals surface area contributed by atoms with Gasteiger partial charge in [0.05, 0.1) is 39.4 Å². The average molecular weight is 829 g/mol. The van der Waals surface area contributed by atoms with Crippen molar-refractivity contribution in [2.75, 3.05) is 51.6 Å². The van der Waals surface area contributed by atoms with Gasteiger partial charge >= 0.3 is 7.82 Å². The lowest BCUT2D eigenvalue weighted by molar-refractivity contribution is -0.0585. The highest BCUT2D eigenvalue weighted by Gasteiger charge is 2.56. The number of alkyl halides is 1. The van der Waals surface area contributed by atoms with Gasteiger partial charge in [0, 0.05) is 20.3 Å². The zero-order chi connectivity index (χ0) is 41.3. The number of methoxy groups -OCH3 is 1. The number of aliphatic hydroxyl groups is 1. The number of hydrogen-bond acceptors (Lipinski definition) is 13. The summed E-state index contributed by atoms with van der Waals surface area (Å²) < 4.78 is 77.9. The summed E-state index contributed by atoms with van der Waals surface area (Å²) in [4.78, 5) is 23.1. The number of fused-ring (bicyclic) bond motifs is 1. The molecule has 18 heteroatoms. The topological polar surface area (TPSA) is 195 Å². The number of phosphoric acid groups is 1. The van der Waals surface area contributed by atoms with Gasteiger partial charge < -0.3 is 40.0 Å². The number of rotatable bonds is 29. The van der Waals surface area contributed by atoms with Crippen molar-refractivity contribution in [3.05, 3.63) is 35.9 Å². The summed E-state index contributed by atoms with van der Waals surface area (Å²) in [6.07, 6.45) is 11.3. The van der Waals surface area contributed by atoms with Crippen LogP contribution in [0.1, 0.15) is 116 Å². The van der Waals surface area contributed by atoms with Gasteiger partial charge in [-0.2, -0.15) is 9.97 Å². The quantitative estimate of drug-likeness (QED) is 0.0391. The zero-order valence-corrected chi connectivity index (χ0v) is 34.8. The number of nitrogens with one attached hydrogen (secondary N) is 1. The minimum Gasteiger partial charge on any atom is -0.494 e. The molecular formula is C39H63F2N6O9P. The number of benzene rings is 1. The number of aliphatic hydroxyl groups excluding tert-OH is 1. The van der Waals surface area contributed by atoms with E-state index in [1.54, 1.807) is 13.1 Å². The number of nitrogens with zero attached hydrogens (tertiary/aromatic N) is 4. The molecule has 0 saturated carbocycles. The molecule has 1 aliphatic rings. The van der Waals surface area contributed by atoms with E-state index in [1.807, 2.05) is 0 Å². The summed E-state index contributed by atoms with van der Waals surface area (Å²) in [5.41, 5.74) is 4.46. The maximum absolute atomic E-state index is 16.0. The highest BCUT2D eigenvalue weighted by atomic mass is 31.2. The number of imidazole rings is 1. The molecule has 1 aromatic carbocycles. The number of nitrogen functional groups attached to an aromatic ring is 1. The fraction of sp³-hybridized carbons (Fsp3) is 0.718. The number of hydrogen-bond donors (Lipinski definition) is 4. The van der Waals surface area contributed by atoms with Crippen LogP contribution in [-0.4, -0.2) is 94.1 Å². The van der Waals surface area contributed by atoms with Crippen LogP contribution in [0.15, 0.2) is 24.5 Å². The van der Waals surface area contributed by atoms with Gasteiger partial charge in [0.2, 0.25) is 5.95 Å². The van der Waals surface area contributed by atoms with Crippen LogP contribution in [-0.2, 0) is 34.4 Å². The molecule has 322 valence electrons. The molecule has 3 aromatic rings. The van der Waals surface area contributed by atoms with Crippen LogP contribution in [0.25, 0.3) is 11.2 Å². The Morgan fingerprint density at radius 2 is 1.70 bits per heavy atom. The maximum atomic E-state index is 16.0. The van der Waals surface area contributed by atoms with E-state index in [-0.39, 0.29) is 30.6 Å². The summed E-state index contributed by atoms with van der Waals surface area (Å²) in [6.45, 7) is 4.07. The normalized spacial score (nSPS) is 21.2. The van der Waals surface area contributed by atoms with Gasteiger partial charge in [0.15, 0.2) is 40.4 Å². The Hall–Kier alpha value is -3.02. The molecule has 1 saturated heterocycles. The lowest BCUT2D eigenvalue weighted by Crippen LogP contribution is -2.40. The lowest BCUT2D eigenvalue weighted by atomic mass is 9.98. The van der Waals surface area contributed by atoms with Crippen LogP contribution in [0.2, 0.25) is 0 Å². The van der Waals surface area contributed by atoms with Crippen LogP contribution in [0, 0.1) is 5.82 Å². The first kappa shape index (κ1) is 46.7. The Morgan fingerprint density at radius 1 is 1.04 bits per heavy atom. The van der Waals surface area contributed by atoms with Gasteiger partial charge in [0.1, 0.15) is 12.2 Å². The van der Waals surface area contributed by atoms with Crippen molar-refractivity contribution in [2.24, 2.45) is 0 Å². The molecule has 57 heavy (non-hydrogen) atoms. The van der Waals surface area contributed by atoms with E-state index in [2.05, 4.69) is 27.2 Å². The molecule has 2 aromatic heterocycles. The van der Waals surface area contributed by atoms with Crippen molar-refractivity contribution in [2.45, 2.75) is 141 Å². The Morgan fingerprint density at radius 3 is 2.35 bits per heavy atom. The van der Waals surface area contributed by atoms with E-state index in [4.69, 9.17) is 33.7 Å². The number of phosphoric ester groups is 1. The number of anilines is 2. The maximum Gasteiger partial charge on any atom is 0.472 e. The van der Waals surface area contributed by atoms with E-state index in [0.717, 1.165) is 71.5 Å². The standard InChI is InChI=1S/C39H63F2N6O9P/c1-5-6-7-8-13-16-21-52-22-17-14-11-9-10-12-15-18-29(53-24-28-19-20-31(51-4)30(40)23-28)25-54-57(49,50)55-26-32-34(48)39(2,41)37(56-32)47-27-44-33-35(43-3)45-38(42)46-36(33)47/h19-20,23,27,29,32,34,37,48H,5-18,21-22,24-26H2,1-4H3,(H,49,50)(H3,42,43,45,46)/t29-,32-,34?,37-,39-/m1/s1. The first-order chi connectivity index (χ1) is 27.4. The third-order valence-corrected chi connectivity index (χ3v) is 11.1. The molecule has 1 aliphatic heterocycles. The van der Waals surface area contributed by atoms with Crippen LogP contribution in [0.5, 0.6) is 5.75 Å². The molecule has 3 heterocycles. The number of nitrogens with two attached hydrogens (primary N) is 1. The highest BCUT2D eigenvalue weighted by molar-refractivity contribution is 7.47. The number of unbranched alkanes of at least 4 members (excludes halogenated alkanes) is 11. The molecule has 0 bridgehead atoms. The summed E-state index contributed by atoms with van der Waals surface area (Å²) >= 11 is 0. The predicted molar refractivity (Wildman–Crippen MR) is 213 cm³/mol. The monoisotopic (exact) mass is 828 g/mol. The zero-order valence-electron chi connectivity index (χ0n) is 33.9. The lowest BCUT2D eigenvalue weighted by Gasteiger charge is -2.24. The summed E-state index contributed by atoms with van der Waals surface area (Å²) in [5.74, 6) is -0.199. The van der Waals surface area contributed by atoms with Crippen molar-refractivity contribution >= 4 is 30.8 Å². The molecule has 0 amide bonds. The molecule has 0 spiro atoms.